The number of carbonyl (C=O) groups excluding carboxylic acids is 1. The van der Waals surface area contributed by atoms with Crippen molar-refractivity contribution >= 4 is 34.7 Å². The number of nitrogens with one attached hydrogen (secondary N) is 2. The lowest BCUT2D eigenvalue weighted by atomic mass is 10.2. The van der Waals surface area contributed by atoms with E-state index >= 15 is 0 Å². The molecule has 1 aromatic heterocycles. The Morgan fingerprint density at radius 1 is 1.06 bits per heavy atom. The molecule has 0 saturated carbocycles. The van der Waals surface area contributed by atoms with Crippen LogP contribution in [-0.2, 0) is 4.74 Å². The Hall–Kier alpha value is -4.05. The molecule has 2 heterocycles. The fourth-order valence-corrected chi connectivity index (χ4v) is 3.29. The van der Waals surface area contributed by atoms with Gasteiger partial charge in [0.1, 0.15) is 5.82 Å². The number of aryl methyl sites for hydroxylation is 1. The molecular weight excluding hydrogens is 412 g/mol. The number of hydrogen-bond donors (Lipinski definition) is 2. The van der Waals surface area contributed by atoms with Crippen LogP contribution in [-0.4, -0.2) is 47.1 Å². The molecule has 32 heavy (non-hydrogen) atoms. The van der Waals surface area contributed by atoms with Gasteiger partial charge in [-0.3, -0.25) is 14.9 Å². The van der Waals surface area contributed by atoms with Crippen molar-refractivity contribution in [1.82, 2.24) is 9.97 Å². The van der Waals surface area contributed by atoms with Gasteiger partial charge in [0.05, 0.1) is 18.1 Å². The van der Waals surface area contributed by atoms with Gasteiger partial charge in [0.2, 0.25) is 5.95 Å². The third-order valence-electron chi connectivity index (χ3n) is 4.89. The Morgan fingerprint density at radius 2 is 1.78 bits per heavy atom. The van der Waals surface area contributed by atoms with Crippen LogP contribution in [0.1, 0.15) is 16.1 Å². The number of benzene rings is 2. The van der Waals surface area contributed by atoms with Gasteiger partial charge in [-0.2, -0.15) is 4.98 Å². The summed E-state index contributed by atoms with van der Waals surface area (Å²) in [6, 6.07) is 14.6. The van der Waals surface area contributed by atoms with Crippen LogP contribution in [0.3, 0.4) is 0 Å². The standard InChI is InChI=1S/C22H22N6O4/c1-15-13-20(27-9-11-32-12-10-27)26-22(23-15)25-18-7-5-17(6-8-18)24-21(29)16-3-2-4-19(14-16)28(30)31/h2-8,13-14H,9-12H2,1H3,(H,24,29)(H,23,25,26). The van der Waals surface area contributed by atoms with Crippen LogP contribution in [0.2, 0.25) is 0 Å². The van der Waals surface area contributed by atoms with Crippen LogP contribution < -0.4 is 15.5 Å². The number of nitrogens with zero attached hydrogens (tertiary/aromatic N) is 4. The summed E-state index contributed by atoms with van der Waals surface area (Å²) in [7, 11) is 0. The number of nitro groups is 1. The summed E-state index contributed by atoms with van der Waals surface area (Å²) < 4.78 is 5.40. The number of ether oxygens (including phenoxy) is 1. The second kappa shape index (κ2) is 9.40. The normalized spacial score (nSPS) is 13.5. The molecule has 4 rings (SSSR count). The Balaban J connectivity index is 1.43. The van der Waals surface area contributed by atoms with Crippen LogP contribution in [0.4, 0.5) is 28.8 Å². The fourth-order valence-electron chi connectivity index (χ4n) is 3.29. The predicted octanol–water partition coefficient (Wildman–Crippen LogP) is 3.53. The van der Waals surface area contributed by atoms with Crippen LogP contribution in [0.15, 0.2) is 54.6 Å². The van der Waals surface area contributed by atoms with Crippen LogP contribution >= 0.6 is 0 Å². The Labute approximate surface area is 184 Å². The molecule has 10 heteroatoms. The first-order chi connectivity index (χ1) is 15.5. The van der Waals surface area contributed by atoms with Gasteiger partial charge in [0.25, 0.3) is 11.6 Å². The van der Waals surface area contributed by atoms with Gasteiger partial charge in [-0.15, -0.1) is 0 Å². The molecule has 2 N–H and O–H groups in total. The molecule has 164 valence electrons. The van der Waals surface area contributed by atoms with Crippen molar-refractivity contribution in [3.05, 3.63) is 76.0 Å². The maximum Gasteiger partial charge on any atom is 0.270 e. The molecule has 2 aromatic carbocycles. The van der Waals surface area contributed by atoms with Crippen molar-refractivity contribution in [2.24, 2.45) is 0 Å². The minimum Gasteiger partial charge on any atom is -0.378 e. The molecular formula is C22H22N6O4. The highest BCUT2D eigenvalue weighted by Crippen LogP contribution is 2.21. The molecule has 0 spiro atoms. The van der Waals surface area contributed by atoms with Crippen molar-refractivity contribution in [3.8, 4) is 0 Å². The van der Waals surface area contributed by atoms with E-state index in [-0.39, 0.29) is 11.3 Å². The number of aromatic nitrogens is 2. The summed E-state index contributed by atoms with van der Waals surface area (Å²) in [5.74, 6) is 0.913. The van der Waals surface area contributed by atoms with Crippen LogP contribution in [0.5, 0.6) is 0 Å². The minimum absolute atomic E-state index is 0.133. The summed E-state index contributed by atoms with van der Waals surface area (Å²) in [6.07, 6.45) is 0. The first kappa shape index (κ1) is 21.2. The number of nitro benzene ring substituents is 1. The van der Waals surface area contributed by atoms with Crippen LogP contribution in [0, 0.1) is 17.0 Å². The predicted molar refractivity (Wildman–Crippen MR) is 121 cm³/mol. The molecule has 10 nitrogen and oxygen atoms in total. The summed E-state index contributed by atoms with van der Waals surface area (Å²) >= 11 is 0. The lowest BCUT2D eigenvalue weighted by Crippen LogP contribution is -2.36. The SMILES string of the molecule is Cc1cc(N2CCOCC2)nc(Nc2ccc(NC(=O)c3cccc([N+](=O)[O-])c3)cc2)n1. The van der Waals surface area contributed by atoms with E-state index in [2.05, 4.69) is 25.5 Å². The third-order valence-corrected chi connectivity index (χ3v) is 4.89. The lowest BCUT2D eigenvalue weighted by molar-refractivity contribution is -0.384. The van der Waals surface area contributed by atoms with E-state index in [1.807, 2.05) is 13.0 Å². The highest BCUT2D eigenvalue weighted by Gasteiger charge is 2.15. The van der Waals surface area contributed by atoms with Gasteiger partial charge in [-0.25, -0.2) is 4.98 Å². The van der Waals surface area contributed by atoms with Crippen molar-refractivity contribution in [1.29, 1.82) is 0 Å². The summed E-state index contributed by atoms with van der Waals surface area (Å²) in [5, 5.41) is 16.8. The van der Waals surface area contributed by atoms with Crippen molar-refractivity contribution < 1.29 is 14.5 Å². The Bertz CT molecular complexity index is 1130. The molecule has 3 aromatic rings. The van der Waals surface area contributed by atoms with E-state index in [9.17, 15) is 14.9 Å². The molecule has 1 saturated heterocycles. The zero-order chi connectivity index (χ0) is 22.5. The van der Waals surface area contributed by atoms with E-state index in [1.165, 1.54) is 24.3 Å². The smallest absolute Gasteiger partial charge is 0.270 e. The molecule has 1 amide bonds. The molecule has 1 fully saturated rings. The number of amides is 1. The number of morpholine rings is 1. The average molecular weight is 434 g/mol. The Kier molecular flexibility index (Phi) is 6.22. The summed E-state index contributed by atoms with van der Waals surface area (Å²) in [6.45, 7) is 4.84. The summed E-state index contributed by atoms with van der Waals surface area (Å²) in [4.78, 5) is 34.0. The molecule has 0 unspecified atom stereocenters. The Morgan fingerprint density at radius 3 is 2.50 bits per heavy atom. The van der Waals surface area contributed by atoms with Gasteiger partial charge in [-0.1, -0.05) is 6.07 Å². The molecule has 0 radical (unpaired) electrons. The lowest BCUT2D eigenvalue weighted by Gasteiger charge is -2.28. The maximum absolute atomic E-state index is 12.4. The highest BCUT2D eigenvalue weighted by atomic mass is 16.6. The largest absolute Gasteiger partial charge is 0.378 e. The molecule has 1 aliphatic rings. The number of rotatable bonds is 6. The van der Waals surface area contributed by atoms with E-state index in [0.717, 1.165) is 30.3 Å². The molecule has 0 bridgehead atoms. The first-order valence-electron chi connectivity index (χ1n) is 10.1. The van der Waals surface area contributed by atoms with E-state index in [0.29, 0.717) is 24.8 Å². The molecule has 1 aliphatic heterocycles. The second-order valence-electron chi connectivity index (χ2n) is 7.25. The van der Waals surface area contributed by atoms with Gasteiger partial charge in [0, 0.05) is 53.9 Å². The van der Waals surface area contributed by atoms with Crippen molar-refractivity contribution in [2.75, 3.05) is 41.8 Å². The topological polar surface area (TPSA) is 123 Å². The van der Waals surface area contributed by atoms with Crippen molar-refractivity contribution in [2.45, 2.75) is 6.92 Å². The number of anilines is 4. The molecule has 0 aliphatic carbocycles. The quantitative estimate of drug-likeness (QED) is 0.446. The highest BCUT2D eigenvalue weighted by molar-refractivity contribution is 6.04. The minimum atomic E-state index is -0.533. The third kappa shape index (κ3) is 5.16. The van der Waals surface area contributed by atoms with E-state index in [1.54, 1.807) is 24.3 Å². The van der Waals surface area contributed by atoms with E-state index in [4.69, 9.17) is 4.74 Å². The van der Waals surface area contributed by atoms with E-state index < -0.39 is 10.8 Å². The first-order valence-corrected chi connectivity index (χ1v) is 10.1. The number of hydrogen-bond acceptors (Lipinski definition) is 8. The van der Waals surface area contributed by atoms with Gasteiger partial charge >= 0.3 is 0 Å². The zero-order valence-corrected chi connectivity index (χ0v) is 17.4. The van der Waals surface area contributed by atoms with Crippen LogP contribution in [0.25, 0.3) is 0 Å². The molecule has 0 atom stereocenters. The monoisotopic (exact) mass is 434 g/mol. The fraction of sp³-hybridized carbons (Fsp3) is 0.227. The van der Waals surface area contributed by atoms with Crippen molar-refractivity contribution in [3.63, 3.8) is 0 Å². The zero-order valence-electron chi connectivity index (χ0n) is 17.4. The second-order valence-corrected chi connectivity index (χ2v) is 7.25. The van der Waals surface area contributed by atoms with Gasteiger partial charge in [0.15, 0.2) is 0 Å². The van der Waals surface area contributed by atoms with Gasteiger partial charge < -0.3 is 20.3 Å². The summed E-state index contributed by atoms with van der Waals surface area (Å²) in [5.41, 5.74) is 2.25. The maximum atomic E-state index is 12.4. The average Bonchev–Trinajstić information content (AvgIpc) is 2.80. The van der Waals surface area contributed by atoms with Gasteiger partial charge in [-0.05, 0) is 37.3 Å². The number of non-ortho nitro benzene ring substituents is 1. The number of carbonyl (C=O) groups is 1.